The van der Waals surface area contributed by atoms with Crippen LogP contribution in [0, 0.1) is 0 Å². The van der Waals surface area contributed by atoms with E-state index >= 15 is 0 Å². The molecular weight excluding hydrogens is 997 g/mol. The Hall–Kier alpha value is -5.46. The van der Waals surface area contributed by atoms with Gasteiger partial charge in [-0.25, -0.2) is 14.0 Å². The number of ether oxygens (including phenoxy) is 6. The number of aromatic nitrogens is 12. The van der Waals surface area contributed by atoms with E-state index in [-0.39, 0.29) is 27.1 Å². The third-order valence-corrected chi connectivity index (χ3v) is 14.7. The first kappa shape index (κ1) is 61.2. The van der Waals surface area contributed by atoms with Crippen molar-refractivity contribution in [3.63, 3.8) is 0 Å². The van der Waals surface area contributed by atoms with Crippen LogP contribution in [0.4, 0.5) is 0 Å². The highest BCUT2D eigenvalue weighted by atomic mass is 16.5. The van der Waals surface area contributed by atoms with Gasteiger partial charge in [-0.05, 0) is 57.8 Å². The van der Waals surface area contributed by atoms with E-state index in [0.717, 1.165) is 135 Å². The third-order valence-electron chi connectivity index (χ3n) is 14.7. The van der Waals surface area contributed by atoms with Crippen LogP contribution in [0.2, 0.25) is 0 Å². The fraction of sp³-hybridized carbons (Fsp3) is 0.705. The normalized spacial score (nSPS) is 16.9. The minimum Gasteiger partial charge on any atom is -0.478 e. The average Bonchev–Trinajstić information content (AvgIpc) is 4.26. The van der Waals surface area contributed by atoms with Crippen molar-refractivity contribution in [2.24, 2.45) is 0 Å². The Labute approximate surface area is 472 Å². The smallest absolute Gasteiger partial charge is 0.215 e. The molecule has 0 aromatic carbocycles. The van der Waals surface area contributed by atoms with Crippen molar-refractivity contribution in [1.82, 2.24) is 58.7 Å². The molecule has 0 bridgehead atoms. The summed E-state index contributed by atoms with van der Waals surface area (Å²) in [6.45, 7) is 50.2. The van der Waals surface area contributed by atoms with Crippen LogP contribution in [0.25, 0.3) is 0 Å². The van der Waals surface area contributed by atoms with Crippen LogP contribution >= 0.6 is 0 Å². The molecule has 6 aliphatic rings. The summed E-state index contributed by atoms with van der Waals surface area (Å²) in [5.74, 6) is 3.43. The Morgan fingerprint density at radius 2 is 0.709 bits per heavy atom. The zero-order valence-corrected chi connectivity index (χ0v) is 51.5. The summed E-state index contributed by atoms with van der Waals surface area (Å²) in [6.07, 6.45) is 17.2. The molecule has 0 atom stereocenters. The second-order valence-electron chi connectivity index (χ2n) is 26.8. The van der Waals surface area contributed by atoms with Gasteiger partial charge in [0, 0.05) is 72.6 Å². The quantitative estimate of drug-likeness (QED) is 0.153. The predicted octanol–water partition coefficient (Wildman–Crippen LogP) is 11.3. The molecular formula is C61H98N12O6. The first-order valence-electron chi connectivity index (χ1n) is 29.2. The Morgan fingerprint density at radius 3 is 1.27 bits per heavy atom. The van der Waals surface area contributed by atoms with Crippen molar-refractivity contribution in [2.75, 3.05) is 46.2 Å². The van der Waals surface area contributed by atoms with Crippen LogP contribution in [0.5, 0.6) is 17.6 Å². The van der Waals surface area contributed by atoms with Gasteiger partial charge in [-0.1, -0.05) is 118 Å². The summed E-state index contributed by atoms with van der Waals surface area (Å²) in [6, 6.07) is 0. The van der Waals surface area contributed by atoms with Crippen molar-refractivity contribution in [2.45, 2.75) is 235 Å². The van der Waals surface area contributed by atoms with Gasteiger partial charge in [0.15, 0.2) is 0 Å². The minimum atomic E-state index is 0.123. The topological polar surface area (TPSA) is 162 Å². The van der Waals surface area contributed by atoms with E-state index < -0.39 is 0 Å². The molecule has 0 unspecified atom stereocenters. The second kappa shape index (κ2) is 26.0. The highest BCUT2D eigenvalue weighted by Gasteiger charge is 2.29. The molecule has 0 saturated heterocycles. The summed E-state index contributed by atoms with van der Waals surface area (Å²) < 4.78 is 45.3. The van der Waals surface area contributed by atoms with Crippen molar-refractivity contribution >= 4 is 0 Å². The van der Waals surface area contributed by atoms with E-state index in [9.17, 15) is 0 Å². The monoisotopic (exact) mass is 1090 g/mol. The molecule has 6 aromatic heterocycles. The maximum Gasteiger partial charge on any atom is 0.215 e. The number of hydrogen-bond donors (Lipinski definition) is 0. The van der Waals surface area contributed by atoms with Crippen LogP contribution in [0.1, 0.15) is 200 Å². The van der Waals surface area contributed by atoms with E-state index in [1.54, 1.807) is 0 Å². The molecule has 0 N–H and O–H groups in total. The maximum atomic E-state index is 5.75. The Kier molecular flexibility index (Phi) is 20.1. The molecule has 6 aromatic rings. The third kappa shape index (κ3) is 15.9. The molecule has 0 radical (unpaired) electrons. The number of rotatable bonds is 1. The van der Waals surface area contributed by atoms with E-state index in [1.165, 1.54) is 50.5 Å². The molecule has 18 nitrogen and oxygen atoms in total. The van der Waals surface area contributed by atoms with Gasteiger partial charge in [0.05, 0.1) is 114 Å². The summed E-state index contributed by atoms with van der Waals surface area (Å²) >= 11 is 0. The molecule has 0 amide bonds. The molecule has 18 heteroatoms. The molecule has 6 aliphatic heterocycles. The van der Waals surface area contributed by atoms with Crippen LogP contribution < -0.4 is 14.2 Å². The summed E-state index contributed by atoms with van der Waals surface area (Å²) in [4.78, 5) is 0. The highest BCUT2D eigenvalue weighted by molar-refractivity contribution is 5.33. The van der Waals surface area contributed by atoms with Crippen LogP contribution in [-0.4, -0.2) is 105 Å². The lowest BCUT2D eigenvalue weighted by molar-refractivity contribution is 0.0787. The lowest BCUT2D eigenvalue weighted by Gasteiger charge is -2.22. The van der Waals surface area contributed by atoms with Crippen LogP contribution in [0.15, 0.2) is 37.2 Å². The van der Waals surface area contributed by atoms with Crippen LogP contribution in [0.3, 0.4) is 0 Å². The molecule has 0 fully saturated rings. The number of hydrogen-bond acceptors (Lipinski definition) is 12. The lowest BCUT2D eigenvalue weighted by Crippen LogP contribution is -2.21. The molecule has 0 aliphatic carbocycles. The van der Waals surface area contributed by atoms with Crippen molar-refractivity contribution in [3.8, 4) is 17.6 Å². The average molecular weight is 1100 g/mol. The molecule has 0 saturated carbocycles. The second-order valence-corrected chi connectivity index (χ2v) is 26.8. The molecule has 438 valence electrons. The standard InChI is InChI=1S/3C11H18N2O.C10H16N2O.2C9H14N2O/c1-11(2,3)9-8-12-13-5-7-14-6-4-10(9)13;1-11(2,3)9-7-12-13-5-4-6-14-8-10(9)13;1-11(2,3)9-8-12-13-6-4-5-7-14-10(9)13;1-10(2,3)8-6-11-12-4-5-13-7-9(8)12;1-9(2,3)7-6-10-11-4-5-12-8(7)11;1-7(2)8-6-10-11-4-3-5-12-9(8)11/h8H,4-7H2,1-3H3;7H,4-6,8H2,1-3H3;8H,4-7H2,1-3H3;6H,4-5,7H2,1-3H3;6H,4-5H2,1-3H3;6-7H,3-5H2,1-2H3. The van der Waals surface area contributed by atoms with Gasteiger partial charge in [0.2, 0.25) is 17.6 Å². The van der Waals surface area contributed by atoms with Gasteiger partial charge in [-0.15, -0.1) is 0 Å². The van der Waals surface area contributed by atoms with E-state index in [4.69, 9.17) is 28.4 Å². The van der Waals surface area contributed by atoms with Gasteiger partial charge < -0.3 is 28.4 Å². The van der Waals surface area contributed by atoms with Crippen LogP contribution in [-0.2, 0) is 100 Å². The zero-order chi connectivity index (χ0) is 57.3. The number of aryl methyl sites for hydroxylation is 3. The highest BCUT2D eigenvalue weighted by Crippen LogP contribution is 2.35. The van der Waals surface area contributed by atoms with E-state index in [0.29, 0.717) is 19.1 Å². The summed E-state index contributed by atoms with van der Waals surface area (Å²) in [5, 5.41) is 26.1. The maximum absolute atomic E-state index is 5.75. The Morgan fingerprint density at radius 1 is 0.342 bits per heavy atom. The van der Waals surface area contributed by atoms with Gasteiger partial charge in [-0.3, -0.25) is 14.0 Å². The molecule has 0 spiro atoms. The van der Waals surface area contributed by atoms with Gasteiger partial charge >= 0.3 is 0 Å². The van der Waals surface area contributed by atoms with Crippen molar-refractivity contribution in [1.29, 1.82) is 0 Å². The fourth-order valence-electron chi connectivity index (χ4n) is 10.1. The van der Waals surface area contributed by atoms with Gasteiger partial charge in [0.25, 0.3) is 0 Å². The molecule has 12 heterocycles. The van der Waals surface area contributed by atoms with E-state index in [1.807, 2.05) is 51.2 Å². The number of nitrogens with zero attached hydrogens (tertiary/aromatic N) is 12. The summed E-state index contributed by atoms with van der Waals surface area (Å²) in [5.41, 5.74) is 12.3. The van der Waals surface area contributed by atoms with Gasteiger partial charge in [0.1, 0.15) is 6.61 Å². The van der Waals surface area contributed by atoms with Gasteiger partial charge in [-0.2, -0.15) is 30.6 Å². The zero-order valence-electron chi connectivity index (χ0n) is 51.5. The molecule has 12 rings (SSSR count). The SMILES string of the molecule is CC(C)(C)c1cnn2c1CCOCC2.CC(C)(C)c1cnn2c1COCC2.CC(C)(C)c1cnn2c1COCCC2.CC(C)(C)c1cnn2c1OCC2.CC(C)(C)c1cnn2c1OCCCC2.CC(C)c1cnn2c1OCCC2. The lowest BCUT2D eigenvalue weighted by atomic mass is 9.87. The predicted molar refractivity (Wildman–Crippen MR) is 310 cm³/mol. The van der Waals surface area contributed by atoms with Crippen molar-refractivity contribution < 1.29 is 28.4 Å². The van der Waals surface area contributed by atoms with E-state index in [2.05, 4.69) is 162 Å². The molecule has 79 heavy (non-hydrogen) atoms. The number of fused-ring (bicyclic) bond motifs is 6. The summed E-state index contributed by atoms with van der Waals surface area (Å²) in [7, 11) is 0. The Balaban J connectivity index is 0.000000137. The minimum absolute atomic E-state index is 0.123. The Bertz CT molecular complexity index is 2680. The van der Waals surface area contributed by atoms with Crippen molar-refractivity contribution in [3.05, 3.63) is 87.6 Å². The first-order valence-corrected chi connectivity index (χ1v) is 29.2. The first-order chi connectivity index (χ1) is 37.2. The fourth-order valence-corrected chi connectivity index (χ4v) is 10.1. The largest absolute Gasteiger partial charge is 0.478 e.